The minimum atomic E-state index is -0.332. The maximum atomic E-state index is 13.0. The van der Waals surface area contributed by atoms with Gasteiger partial charge in [-0.25, -0.2) is 0 Å². The molecule has 0 aliphatic carbocycles. The van der Waals surface area contributed by atoms with Crippen LogP contribution in [0.1, 0.15) is 28.7 Å². The maximum absolute atomic E-state index is 13.0. The molecule has 0 spiro atoms. The molecule has 0 bridgehead atoms. The number of aryl methyl sites for hydroxylation is 1. The highest BCUT2D eigenvalue weighted by atomic mass is 16.3. The molecule has 0 aliphatic heterocycles. The SMILES string of the molecule is CCNC(=O)c1nnc(-c2cc3c(Cc4ccccc4)c[nH]c3cc2O)n1-c1ccc2c(ccn2C)c1. The summed E-state index contributed by atoms with van der Waals surface area (Å²) in [5.41, 5.74) is 5.42. The average Bonchev–Trinajstić information content (AvgIpc) is 3.61. The third-order valence-corrected chi connectivity index (χ3v) is 6.69. The second-order valence-corrected chi connectivity index (χ2v) is 9.10. The summed E-state index contributed by atoms with van der Waals surface area (Å²) >= 11 is 0. The van der Waals surface area contributed by atoms with Crippen molar-refractivity contribution in [1.82, 2.24) is 29.6 Å². The van der Waals surface area contributed by atoms with Gasteiger partial charge < -0.3 is 20.0 Å². The molecule has 6 rings (SSSR count). The molecular weight excluding hydrogens is 464 g/mol. The van der Waals surface area contributed by atoms with Crippen LogP contribution < -0.4 is 5.32 Å². The van der Waals surface area contributed by atoms with E-state index in [1.807, 2.05) is 79.5 Å². The van der Waals surface area contributed by atoms with Crippen LogP contribution in [0.5, 0.6) is 5.75 Å². The molecule has 0 aliphatic rings. The molecular formula is C29H26N6O2. The van der Waals surface area contributed by atoms with Gasteiger partial charge in [-0.3, -0.25) is 9.36 Å². The maximum Gasteiger partial charge on any atom is 0.289 e. The highest BCUT2D eigenvalue weighted by molar-refractivity contribution is 5.94. The fraction of sp³-hybridized carbons (Fsp3) is 0.138. The zero-order valence-electron chi connectivity index (χ0n) is 20.6. The highest BCUT2D eigenvalue weighted by Gasteiger charge is 2.24. The molecule has 8 heteroatoms. The quantitative estimate of drug-likeness (QED) is 0.307. The van der Waals surface area contributed by atoms with Crippen LogP contribution in [0.3, 0.4) is 0 Å². The minimum absolute atomic E-state index is 0.0532. The number of rotatable bonds is 6. The van der Waals surface area contributed by atoms with Crippen LogP contribution in [0, 0.1) is 0 Å². The average molecular weight is 491 g/mol. The largest absolute Gasteiger partial charge is 0.507 e. The summed E-state index contributed by atoms with van der Waals surface area (Å²) in [5, 5.41) is 24.5. The topological polar surface area (TPSA) is 101 Å². The third-order valence-electron chi connectivity index (χ3n) is 6.69. The lowest BCUT2D eigenvalue weighted by Gasteiger charge is -2.12. The van der Waals surface area contributed by atoms with Crippen LogP contribution in [0.25, 0.3) is 38.9 Å². The van der Waals surface area contributed by atoms with E-state index in [1.165, 1.54) is 5.56 Å². The summed E-state index contributed by atoms with van der Waals surface area (Å²) in [5.74, 6) is 0.270. The van der Waals surface area contributed by atoms with Crippen molar-refractivity contribution in [2.24, 2.45) is 7.05 Å². The van der Waals surface area contributed by atoms with Gasteiger partial charge in [0.25, 0.3) is 5.91 Å². The van der Waals surface area contributed by atoms with Crippen LogP contribution in [0.2, 0.25) is 0 Å². The van der Waals surface area contributed by atoms with Crippen molar-refractivity contribution in [3.63, 3.8) is 0 Å². The Morgan fingerprint density at radius 1 is 1.05 bits per heavy atom. The van der Waals surface area contributed by atoms with Crippen molar-refractivity contribution in [3.8, 4) is 22.8 Å². The lowest BCUT2D eigenvalue weighted by atomic mass is 10.0. The fourth-order valence-electron chi connectivity index (χ4n) is 4.86. The van der Waals surface area contributed by atoms with Crippen molar-refractivity contribution in [1.29, 1.82) is 0 Å². The van der Waals surface area contributed by atoms with Gasteiger partial charge >= 0.3 is 0 Å². The van der Waals surface area contributed by atoms with Gasteiger partial charge in [0, 0.05) is 53.9 Å². The summed E-state index contributed by atoms with van der Waals surface area (Å²) in [6, 6.07) is 21.8. The predicted molar refractivity (Wildman–Crippen MR) is 144 cm³/mol. The number of aromatic hydroxyl groups is 1. The molecule has 0 fully saturated rings. The Balaban J connectivity index is 1.53. The zero-order valence-corrected chi connectivity index (χ0v) is 20.6. The number of hydrogen-bond donors (Lipinski definition) is 3. The van der Waals surface area contributed by atoms with E-state index in [4.69, 9.17) is 0 Å². The van der Waals surface area contributed by atoms with Crippen molar-refractivity contribution in [3.05, 3.63) is 96.1 Å². The normalized spacial score (nSPS) is 11.4. The number of amides is 1. The van der Waals surface area contributed by atoms with E-state index >= 15 is 0 Å². The molecule has 37 heavy (non-hydrogen) atoms. The number of fused-ring (bicyclic) bond motifs is 2. The number of aromatic amines is 1. The zero-order chi connectivity index (χ0) is 25.5. The molecule has 0 saturated heterocycles. The van der Waals surface area contributed by atoms with Gasteiger partial charge in [0.15, 0.2) is 5.82 Å². The van der Waals surface area contributed by atoms with E-state index in [1.54, 1.807) is 10.6 Å². The highest BCUT2D eigenvalue weighted by Crippen LogP contribution is 2.36. The second-order valence-electron chi connectivity index (χ2n) is 9.10. The molecule has 184 valence electrons. The standard InChI is InChI=1S/C29H26N6O2/c1-3-30-29(37)28-33-32-27(35(28)21-9-10-25-19(14-21)11-12-34(25)2)23-15-22-20(13-18-7-5-4-6-8-18)17-31-24(22)16-26(23)36/h4-12,14-17,31,36H,3,13H2,1-2H3,(H,30,37). The van der Waals surface area contributed by atoms with Gasteiger partial charge in [0.2, 0.25) is 5.82 Å². The monoisotopic (exact) mass is 490 g/mol. The lowest BCUT2D eigenvalue weighted by Crippen LogP contribution is -2.26. The molecule has 0 atom stereocenters. The fourth-order valence-corrected chi connectivity index (χ4v) is 4.86. The summed E-state index contributed by atoms with van der Waals surface area (Å²) < 4.78 is 3.75. The van der Waals surface area contributed by atoms with E-state index in [0.717, 1.165) is 39.5 Å². The van der Waals surface area contributed by atoms with Gasteiger partial charge in [-0.2, -0.15) is 0 Å². The number of H-pyrrole nitrogens is 1. The number of hydrogen-bond acceptors (Lipinski definition) is 4. The van der Waals surface area contributed by atoms with Crippen molar-refractivity contribution >= 4 is 27.7 Å². The molecule has 0 saturated carbocycles. The van der Waals surface area contributed by atoms with E-state index in [-0.39, 0.29) is 17.5 Å². The van der Waals surface area contributed by atoms with Crippen LogP contribution in [-0.4, -0.2) is 41.9 Å². The summed E-state index contributed by atoms with van der Waals surface area (Å²) in [4.78, 5) is 16.2. The number of carbonyl (C=O) groups is 1. The minimum Gasteiger partial charge on any atom is -0.507 e. The molecule has 8 nitrogen and oxygen atoms in total. The summed E-state index contributed by atoms with van der Waals surface area (Å²) in [7, 11) is 1.99. The van der Waals surface area contributed by atoms with Crippen LogP contribution in [-0.2, 0) is 13.5 Å². The molecule has 3 aromatic heterocycles. The van der Waals surface area contributed by atoms with E-state index < -0.39 is 0 Å². The Morgan fingerprint density at radius 2 is 1.89 bits per heavy atom. The first kappa shape index (κ1) is 22.6. The number of benzene rings is 3. The number of aromatic nitrogens is 5. The number of phenols is 1. The van der Waals surface area contributed by atoms with Gasteiger partial charge in [-0.1, -0.05) is 30.3 Å². The number of phenolic OH excluding ortho intramolecular Hbond substituents is 1. The van der Waals surface area contributed by atoms with Gasteiger partial charge in [-0.15, -0.1) is 10.2 Å². The third kappa shape index (κ3) is 3.92. The van der Waals surface area contributed by atoms with Crippen molar-refractivity contribution in [2.45, 2.75) is 13.3 Å². The van der Waals surface area contributed by atoms with Crippen LogP contribution in [0.4, 0.5) is 0 Å². The van der Waals surface area contributed by atoms with E-state index in [2.05, 4.69) is 32.6 Å². The molecule has 0 unspecified atom stereocenters. The van der Waals surface area contributed by atoms with Crippen LogP contribution >= 0.6 is 0 Å². The summed E-state index contributed by atoms with van der Waals surface area (Å²) in [6.07, 6.45) is 4.70. The smallest absolute Gasteiger partial charge is 0.289 e. The Bertz CT molecular complexity index is 1760. The van der Waals surface area contributed by atoms with Crippen LogP contribution in [0.15, 0.2) is 79.1 Å². The predicted octanol–water partition coefficient (Wildman–Crippen LogP) is 4.95. The number of nitrogens with zero attached hydrogens (tertiary/aromatic N) is 4. The molecule has 6 aromatic rings. The molecule has 3 aromatic carbocycles. The number of nitrogens with one attached hydrogen (secondary N) is 2. The molecule has 3 N–H and O–H groups in total. The Hall–Kier alpha value is -4.85. The second kappa shape index (κ2) is 8.98. The summed E-state index contributed by atoms with van der Waals surface area (Å²) in [6.45, 7) is 2.32. The van der Waals surface area contributed by atoms with E-state index in [9.17, 15) is 9.90 Å². The first-order chi connectivity index (χ1) is 18.0. The number of carbonyl (C=O) groups excluding carboxylic acids is 1. The lowest BCUT2D eigenvalue weighted by molar-refractivity contribution is 0.0943. The van der Waals surface area contributed by atoms with Gasteiger partial charge in [0.1, 0.15) is 5.75 Å². The van der Waals surface area contributed by atoms with Gasteiger partial charge in [-0.05, 0) is 54.8 Å². The first-order valence-electron chi connectivity index (χ1n) is 12.2. The molecule has 3 heterocycles. The Labute approximate surface area is 213 Å². The Kier molecular flexibility index (Phi) is 5.49. The first-order valence-corrected chi connectivity index (χ1v) is 12.2. The van der Waals surface area contributed by atoms with Crippen molar-refractivity contribution < 1.29 is 9.90 Å². The van der Waals surface area contributed by atoms with Crippen molar-refractivity contribution in [2.75, 3.05) is 6.54 Å². The molecule has 1 amide bonds. The Morgan fingerprint density at radius 3 is 2.70 bits per heavy atom. The molecule has 0 radical (unpaired) electrons. The van der Waals surface area contributed by atoms with Gasteiger partial charge in [0.05, 0.1) is 11.3 Å². The van der Waals surface area contributed by atoms with E-state index in [0.29, 0.717) is 17.9 Å².